The van der Waals surface area contributed by atoms with Crippen LogP contribution in [0.5, 0.6) is 5.75 Å². The minimum Gasteiger partial charge on any atom is -0.496 e. The minimum atomic E-state index is -3.85. The van der Waals surface area contributed by atoms with Crippen LogP contribution in [-0.2, 0) is 14.8 Å². The van der Waals surface area contributed by atoms with Crippen molar-refractivity contribution in [3.8, 4) is 5.75 Å². The van der Waals surface area contributed by atoms with E-state index in [4.69, 9.17) is 16.3 Å². The maximum Gasteiger partial charge on any atom is 0.244 e. The van der Waals surface area contributed by atoms with Crippen molar-refractivity contribution in [3.63, 3.8) is 0 Å². The van der Waals surface area contributed by atoms with E-state index in [9.17, 15) is 17.6 Å². The van der Waals surface area contributed by atoms with Crippen LogP contribution in [0.4, 0.5) is 10.1 Å². The highest BCUT2D eigenvalue weighted by atomic mass is 35.5. The zero-order valence-electron chi connectivity index (χ0n) is 16.6. The van der Waals surface area contributed by atoms with Crippen molar-refractivity contribution in [2.75, 3.05) is 17.7 Å². The topological polar surface area (TPSA) is 75.7 Å². The molecule has 0 saturated heterocycles. The van der Waals surface area contributed by atoms with Gasteiger partial charge in [0, 0.05) is 5.56 Å². The van der Waals surface area contributed by atoms with Crippen LogP contribution in [-0.4, -0.2) is 33.7 Å². The zero-order chi connectivity index (χ0) is 21.8. The molecule has 6 nitrogen and oxygen atoms in total. The first kappa shape index (κ1) is 23.0. The van der Waals surface area contributed by atoms with Crippen molar-refractivity contribution in [1.82, 2.24) is 5.32 Å². The Labute approximate surface area is 175 Å². The lowest BCUT2D eigenvalue weighted by molar-refractivity contribution is -0.122. The summed E-state index contributed by atoms with van der Waals surface area (Å²) in [7, 11) is -2.32. The number of amides is 1. The maximum atomic E-state index is 13.5. The van der Waals surface area contributed by atoms with E-state index in [1.807, 2.05) is 18.2 Å². The highest BCUT2D eigenvalue weighted by molar-refractivity contribution is 7.92. The van der Waals surface area contributed by atoms with Gasteiger partial charge in [0.15, 0.2) is 0 Å². The number of hydrogen-bond acceptors (Lipinski definition) is 4. The van der Waals surface area contributed by atoms with E-state index in [0.717, 1.165) is 22.2 Å². The Hall–Kier alpha value is -2.32. The summed E-state index contributed by atoms with van der Waals surface area (Å²) in [6.07, 6.45) is 1.19. The van der Waals surface area contributed by atoms with Crippen LogP contribution in [0.2, 0.25) is 5.02 Å². The summed E-state index contributed by atoms with van der Waals surface area (Å²) >= 11 is 5.82. The average molecular weight is 443 g/mol. The van der Waals surface area contributed by atoms with Gasteiger partial charge in [-0.15, -0.1) is 0 Å². The SMILES string of the molecule is CC[C@H](C(=O)N[C@@H](C)c1ccccc1OC)N(c1ccc(F)c(Cl)c1)S(C)(=O)=O. The van der Waals surface area contributed by atoms with E-state index in [1.165, 1.54) is 19.2 Å². The summed E-state index contributed by atoms with van der Waals surface area (Å²) in [5.74, 6) is -0.554. The van der Waals surface area contributed by atoms with Crippen molar-refractivity contribution < 1.29 is 22.3 Å². The molecule has 0 fully saturated rings. The van der Waals surface area contributed by atoms with Crippen LogP contribution >= 0.6 is 11.6 Å². The first-order chi connectivity index (χ1) is 13.6. The number of methoxy groups -OCH3 is 1. The van der Waals surface area contributed by atoms with Gasteiger partial charge in [0.25, 0.3) is 0 Å². The summed E-state index contributed by atoms with van der Waals surface area (Å²) in [5.41, 5.74) is 0.875. The molecule has 0 unspecified atom stereocenters. The predicted octanol–water partition coefficient (Wildman–Crippen LogP) is 3.91. The molecule has 0 aliphatic rings. The van der Waals surface area contributed by atoms with Crippen LogP contribution in [0.15, 0.2) is 42.5 Å². The number of carbonyl (C=O) groups excluding carboxylic acids is 1. The van der Waals surface area contributed by atoms with E-state index < -0.39 is 33.8 Å². The normalized spacial score (nSPS) is 13.4. The second-order valence-corrected chi connectivity index (χ2v) is 8.82. The summed E-state index contributed by atoms with van der Waals surface area (Å²) in [4.78, 5) is 13.0. The smallest absolute Gasteiger partial charge is 0.244 e. The third-order valence-electron chi connectivity index (χ3n) is 4.45. The molecule has 0 heterocycles. The maximum absolute atomic E-state index is 13.5. The Morgan fingerprint density at radius 2 is 1.93 bits per heavy atom. The lowest BCUT2D eigenvalue weighted by Crippen LogP contribution is -2.49. The highest BCUT2D eigenvalue weighted by Gasteiger charge is 2.32. The Morgan fingerprint density at radius 3 is 2.48 bits per heavy atom. The van der Waals surface area contributed by atoms with Gasteiger partial charge >= 0.3 is 0 Å². The second kappa shape index (κ2) is 9.45. The lowest BCUT2D eigenvalue weighted by atomic mass is 10.1. The number of carbonyl (C=O) groups is 1. The van der Waals surface area contributed by atoms with E-state index in [2.05, 4.69) is 5.32 Å². The number of halogens is 2. The number of ether oxygens (including phenoxy) is 1. The van der Waals surface area contributed by atoms with Crippen LogP contribution in [0.1, 0.15) is 31.9 Å². The summed E-state index contributed by atoms with van der Waals surface area (Å²) in [6, 6.07) is 9.31. The highest BCUT2D eigenvalue weighted by Crippen LogP contribution is 2.28. The van der Waals surface area contributed by atoms with Crippen molar-refractivity contribution in [2.24, 2.45) is 0 Å². The average Bonchev–Trinajstić information content (AvgIpc) is 2.67. The van der Waals surface area contributed by atoms with Gasteiger partial charge in [-0.1, -0.05) is 36.7 Å². The zero-order valence-corrected chi connectivity index (χ0v) is 18.2. The Bertz CT molecular complexity index is 984. The fraction of sp³-hybridized carbons (Fsp3) is 0.350. The standard InChI is InChI=1S/C20H24ClFN2O4S/c1-5-18(20(25)23-13(2)15-8-6-7-9-19(15)28-3)24(29(4,26)27)14-10-11-17(22)16(21)12-14/h6-13,18H,5H2,1-4H3,(H,23,25)/t13-,18+/m0/s1. The Kier molecular flexibility index (Phi) is 7.48. The van der Waals surface area contributed by atoms with Gasteiger partial charge in [0.2, 0.25) is 15.9 Å². The van der Waals surface area contributed by atoms with E-state index >= 15 is 0 Å². The first-order valence-corrected chi connectivity index (χ1v) is 11.2. The minimum absolute atomic E-state index is 0.117. The van der Waals surface area contributed by atoms with E-state index in [-0.39, 0.29) is 17.1 Å². The molecule has 158 valence electrons. The molecule has 2 rings (SSSR count). The van der Waals surface area contributed by atoms with Crippen molar-refractivity contribution in [2.45, 2.75) is 32.4 Å². The molecular formula is C20H24ClFN2O4S. The van der Waals surface area contributed by atoms with Gasteiger partial charge in [-0.05, 0) is 37.6 Å². The van der Waals surface area contributed by atoms with E-state index in [0.29, 0.717) is 5.75 Å². The summed E-state index contributed by atoms with van der Waals surface area (Å²) in [6.45, 7) is 3.48. The van der Waals surface area contributed by atoms with Gasteiger partial charge < -0.3 is 10.1 Å². The molecule has 2 aromatic carbocycles. The van der Waals surface area contributed by atoms with Gasteiger partial charge in [0.05, 0.1) is 30.1 Å². The van der Waals surface area contributed by atoms with Gasteiger partial charge in [-0.2, -0.15) is 0 Å². The number of para-hydroxylation sites is 1. The third-order valence-corrected chi connectivity index (χ3v) is 5.92. The molecule has 0 spiro atoms. The van der Waals surface area contributed by atoms with Crippen LogP contribution < -0.4 is 14.4 Å². The number of anilines is 1. The van der Waals surface area contributed by atoms with Crippen LogP contribution in [0, 0.1) is 5.82 Å². The van der Waals surface area contributed by atoms with Crippen molar-refractivity contribution >= 4 is 33.2 Å². The summed E-state index contributed by atoms with van der Waals surface area (Å²) < 4.78 is 44.8. The molecule has 0 aliphatic heterocycles. The molecule has 0 aromatic heterocycles. The number of sulfonamides is 1. The molecule has 0 radical (unpaired) electrons. The molecular weight excluding hydrogens is 419 g/mol. The second-order valence-electron chi connectivity index (χ2n) is 6.55. The van der Waals surface area contributed by atoms with Crippen LogP contribution in [0.3, 0.4) is 0 Å². The molecule has 9 heteroatoms. The molecule has 2 atom stereocenters. The van der Waals surface area contributed by atoms with Crippen LogP contribution in [0.25, 0.3) is 0 Å². The molecule has 0 saturated carbocycles. The Morgan fingerprint density at radius 1 is 1.28 bits per heavy atom. The molecule has 1 N–H and O–H groups in total. The molecule has 2 aromatic rings. The van der Waals surface area contributed by atoms with E-state index in [1.54, 1.807) is 19.9 Å². The first-order valence-electron chi connectivity index (χ1n) is 8.97. The molecule has 1 amide bonds. The monoisotopic (exact) mass is 442 g/mol. The largest absolute Gasteiger partial charge is 0.496 e. The fourth-order valence-electron chi connectivity index (χ4n) is 3.09. The lowest BCUT2D eigenvalue weighted by Gasteiger charge is -2.31. The number of nitrogens with one attached hydrogen (secondary N) is 1. The van der Waals surface area contributed by atoms with Gasteiger partial charge in [-0.25, -0.2) is 12.8 Å². The molecule has 0 bridgehead atoms. The number of hydrogen-bond donors (Lipinski definition) is 1. The van der Waals surface area contributed by atoms with Crippen molar-refractivity contribution in [1.29, 1.82) is 0 Å². The fourth-order valence-corrected chi connectivity index (χ4v) is 4.47. The number of benzene rings is 2. The molecule has 29 heavy (non-hydrogen) atoms. The predicted molar refractivity (Wildman–Crippen MR) is 112 cm³/mol. The third kappa shape index (κ3) is 5.39. The number of rotatable bonds is 8. The van der Waals surface area contributed by atoms with Crippen molar-refractivity contribution in [3.05, 3.63) is 58.9 Å². The van der Waals surface area contributed by atoms with Gasteiger partial charge in [-0.3, -0.25) is 9.10 Å². The Balaban J connectivity index is 2.36. The summed E-state index contributed by atoms with van der Waals surface area (Å²) in [5, 5.41) is 2.61. The quantitative estimate of drug-likeness (QED) is 0.672. The number of nitrogens with zero attached hydrogens (tertiary/aromatic N) is 1. The van der Waals surface area contributed by atoms with Gasteiger partial charge in [0.1, 0.15) is 17.6 Å². The molecule has 0 aliphatic carbocycles.